The van der Waals surface area contributed by atoms with Crippen LogP contribution in [0.4, 0.5) is 5.13 Å². The van der Waals surface area contributed by atoms with Crippen LogP contribution in [0.1, 0.15) is 30.9 Å². The standard InChI is InChI=1S/C11H15N5O2S/c1-7(10-15-12-6-16(10)2)13-11-14-8(5-19-11)3-4-9(17)18/h5-7H,3-4H2,1-2H3,(H,13,14)(H,17,18). The van der Waals surface area contributed by atoms with Crippen LogP contribution in [0.25, 0.3) is 0 Å². The number of aromatic nitrogens is 4. The summed E-state index contributed by atoms with van der Waals surface area (Å²) in [6.45, 7) is 1.97. The van der Waals surface area contributed by atoms with Gasteiger partial charge in [-0.15, -0.1) is 21.5 Å². The molecule has 0 aliphatic heterocycles. The molecule has 19 heavy (non-hydrogen) atoms. The first-order chi connectivity index (χ1) is 9.06. The summed E-state index contributed by atoms with van der Waals surface area (Å²) in [6, 6.07) is -0.00836. The van der Waals surface area contributed by atoms with Crippen LogP contribution in [0.2, 0.25) is 0 Å². The van der Waals surface area contributed by atoms with Crippen molar-refractivity contribution in [3.8, 4) is 0 Å². The lowest BCUT2D eigenvalue weighted by molar-refractivity contribution is -0.136. The van der Waals surface area contributed by atoms with Crippen molar-refractivity contribution in [1.82, 2.24) is 19.7 Å². The van der Waals surface area contributed by atoms with Crippen molar-refractivity contribution in [2.24, 2.45) is 7.05 Å². The highest BCUT2D eigenvalue weighted by Gasteiger charge is 2.13. The minimum Gasteiger partial charge on any atom is -0.481 e. The van der Waals surface area contributed by atoms with Crippen LogP contribution >= 0.6 is 11.3 Å². The van der Waals surface area contributed by atoms with Crippen molar-refractivity contribution in [3.63, 3.8) is 0 Å². The minimum atomic E-state index is -0.810. The molecule has 0 spiro atoms. The fourth-order valence-corrected chi connectivity index (χ4v) is 2.49. The van der Waals surface area contributed by atoms with Gasteiger partial charge < -0.3 is 15.0 Å². The number of carboxylic acid groups (broad SMARTS) is 1. The number of nitrogens with one attached hydrogen (secondary N) is 1. The van der Waals surface area contributed by atoms with Gasteiger partial charge in [-0.25, -0.2) is 4.98 Å². The first-order valence-electron chi connectivity index (χ1n) is 5.83. The van der Waals surface area contributed by atoms with Crippen LogP contribution in [0.3, 0.4) is 0 Å². The van der Waals surface area contributed by atoms with Crippen LogP contribution in [0, 0.1) is 0 Å². The Morgan fingerprint density at radius 1 is 1.63 bits per heavy atom. The van der Waals surface area contributed by atoms with Crippen LogP contribution in [0.5, 0.6) is 0 Å². The summed E-state index contributed by atoms with van der Waals surface area (Å²) in [5, 5.41) is 22.3. The Hall–Kier alpha value is -1.96. The summed E-state index contributed by atoms with van der Waals surface area (Å²) < 4.78 is 1.84. The second kappa shape index (κ2) is 5.79. The third-order valence-electron chi connectivity index (χ3n) is 2.62. The molecule has 0 bridgehead atoms. The molecule has 2 heterocycles. The van der Waals surface area contributed by atoms with Crippen molar-refractivity contribution in [2.45, 2.75) is 25.8 Å². The molecule has 0 saturated heterocycles. The molecule has 0 amide bonds. The number of rotatable bonds is 6. The average Bonchev–Trinajstić information content (AvgIpc) is 2.95. The fourth-order valence-electron chi connectivity index (χ4n) is 1.66. The van der Waals surface area contributed by atoms with E-state index < -0.39 is 5.97 Å². The predicted molar refractivity (Wildman–Crippen MR) is 71.1 cm³/mol. The fraction of sp³-hybridized carbons (Fsp3) is 0.455. The number of thiazole rings is 1. The van der Waals surface area contributed by atoms with Gasteiger partial charge in [0.25, 0.3) is 0 Å². The van der Waals surface area contributed by atoms with Crippen LogP contribution in [-0.4, -0.2) is 30.8 Å². The van der Waals surface area contributed by atoms with Crippen LogP contribution in [-0.2, 0) is 18.3 Å². The zero-order chi connectivity index (χ0) is 13.8. The molecule has 0 saturated carbocycles. The Balaban J connectivity index is 1.96. The molecule has 0 aromatic carbocycles. The molecular weight excluding hydrogens is 266 g/mol. The van der Waals surface area contributed by atoms with E-state index in [1.807, 2.05) is 23.9 Å². The summed E-state index contributed by atoms with van der Waals surface area (Å²) in [5.41, 5.74) is 0.792. The van der Waals surface area contributed by atoms with Gasteiger partial charge in [0.15, 0.2) is 11.0 Å². The predicted octanol–water partition coefficient (Wildman–Crippen LogP) is 1.46. The van der Waals surface area contributed by atoms with Crippen molar-refractivity contribution in [3.05, 3.63) is 23.2 Å². The van der Waals surface area contributed by atoms with E-state index in [1.165, 1.54) is 11.3 Å². The number of hydrogen-bond acceptors (Lipinski definition) is 6. The van der Waals surface area contributed by atoms with Gasteiger partial charge in [-0.3, -0.25) is 4.79 Å². The normalized spacial score (nSPS) is 12.3. The van der Waals surface area contributed by atoms with Gasteiger partial charge in [-0.05, 0) is 6.92 Å². The van der Waals surface area contributed by atoms with Gasteiger partial charge in [0.2, 0.25) is 0 Å². The summed E-state index contributed by atoms with van der Waals surface area (Å²) in [4.78, 5) is 14.8. The molecule has 2 aromatic heterocycles. The van der Waals surface area contributed by atoms with Gasteiger partial charge in [-0.2, -0.15) is 0 Å². The molecule has 7 nitrogen and oxygen atoms in total. The molecule has 0 aliphatic carbocycles. The molecular formula is C11H15N5O2S. The topological polar surface area (TPSA) is 92.9 Å². The molecule has 1 unspecified atom stereocenters. The number of anilines is 1. The van der Waals surface area contributed by atoms with E-state index in [2.05, 4.69) is 20.5 Å². The number of carboxylic acids is 1. The van der Waals surface area contributed by atoms with Crippen LogP contribution in [0.15, 0.2) is 11.7 Å². The first kappa shape index (κ1) is 13.5. The second-order valence-corrected chi connectivity index (χ2v) is 5.06. The average molecular weight is 281 g/mol. The molecule has 0 radical (unpaired) electrons. The monoisotopic (exact) mass is 281 g/mol. The van der Waals surface area contributed by atoms with Gasteiger partial charge in [-0.1, -0.05) is 0 Å². The number of hydrogen-bond donors (Lipinski definition) is 2. The number of nitrogens with zero attached hydrogens (tertiary/aromatic N) is 4. The first-order valence-corrected chi connectivity index (χ1v) is 6.71. The molecule has 2 aromatic rings. The lowest BCUT2D eigenvalue weighted by Gasteiger charge is -2.11. The smallest absolute Gasteiger partial charge is 0.303 e. The Labute approximate surface area is 114 Å². The molecule has 102 valence electrons. The third-order valence-corrected chi connectivity index (χ3v) is 3.44. The summed E-state index contributed by atoms with van der Waals surface area (Å²) in [6.07, 6.45) is 2.20. The summed E-state index contributed by atoms with van der Waals surface area (Å²) >= 11 is 1.46. The largest absolute Gasteiger partial charge is 0.481 e. The maximum atomic E-state index is 10.5. The molecule has 1 atom stereocenters. The number of carbonyl (C=O) groups is 1. The van der Waals surface area contributed by atoms with E-state index in [0.717, 1.165) is 16.6 Å². The van der Waals surface area contributed by atoms with Crippen molar-refractivity contribution in [2.75, 3.05) is 5.32 Å². The Morgan fingerprint density at radius 3 is 3.05 bits per heavy atom. The van der Waals surface area contributed by atoms with Crippen molar-refractivity contribution < 1.29 is 9.90 Å². The van der Waals surface area contributed by atoms with Crippen molar-refractivity contribution in [1.29, 1.82) is 0 Å². The maximum Gasteiger partial charge on any atom is 0.303 e. The highest BCUT2D eigenvalue weighted by molar-refractivity contribution is 7.13. The van der Waals surface area contributed by atoms with Gasteiger partial charge >= 0.3 is 5.97 Å². The van der Waals surface area contributed by atoms with Gasteiger partial charge in [0.05, 0.1) is 18.2 Å². The second-order valence-electron chi connectivity index (χ2n) is 4.20. The molecule has 0 fully saturated rings. The highest BCUT2D eigenvalue weighted by Crippen LogP contribution is 2.21. The maximum absolute atomic E-state index is 10.5. The van der Waals surface area contributed by atoms with Crippen molar-refractivity contribution >= 4 is 22.4 Å². The summed E-state index contributed by atoms with van der Waals surface area (Å²) in [5.74, 6) is 0.0113. The van der Waals surface area contributed by atoms with Gasteiger partial charge in [0, 0.05) is 18.8 Å². The molecule has 2 rings (SSSR count). The zero-order valence-electron chi connectivity index (χ0n) is 10.7. The van der Waals surface area contributed by atoms with Gasteiger partial charge in [0.1, 0.15) is 6.33 Å². The minimum absolute atomic E-state index is 0.00836. The lowest BCUT2D eigenvalue weighted by Crippen LogP contribution is -2.11. The highest BCUT2D eigenvalue weighted by atomic mass is 32.1. The van der Waals surface area contributed by atoms with E-state index in [4.69, 9.17) is 5.11 Å². The van der Waals surface area contributed by atoms with E-state index in [1.54, 1.807) is 6.33 Å². The quantitative estimate of drug-likeness (QED) is 0.832. The van der Waals surface area contributed by atoms with E-state index in [-0.39, 0.29) is 12.5 Å². The van der Waals surface area contributed by atoms with E-state index in [9.17, 15) is 4.79 Å². The Morgan fingerprint density at radius 2 is 2.42 bits per heavy atom. The van der Waals surface area contributed by atoms with E-state index in [0.29, 0.717) is 6.42 Å². The molecule has 0 aliphatic rings. The zero-order valence-corrected chi connectivity index (χ0v) is 11.5. The third kappa shape index (κ3) is 3.50. The number of aryl methyl sites for hydroxylation is 2. The van der Waals surface area contributed by atoms with Crippen LogP contribution < -0.4 is 5.32 Å². The SMILES string of the molecule is CC(Nc1nc(CCC(=O)O)cs1)c1nncn1C. The van der Waals surface area contributed by atoms with E-state index >= 15 is 0 Å². The molecule has 2 N–H and O–H groups in total. The lowest BCUT2D eigenvalue weighted by atomic mass is 10.2. The Bertz CT molecular complexity index is 565. The number of aliphatic carboxylic acids is 1. The molecule has 8 heteroatoms. The Kier molecular flexibility index (Phi) is 4.10. The summed E-state index contributed by atoms with van der Waals surface area (Å²) in [7, 11) is 1.88.